The molecule has 0 spiro atoms. The van der Waals surface area contributed by atoms with Gasteiger partial charge >= 0.3 is 5.97 Å². The van der Waals surface area contributed by atoms with Gasteiger partial charge in [0.15, 0.2) is 5.43 Å². The lowest BCUT2D eigenvalue weighted by atomic mass is 9.98. The summed E-state index contributed by atoms with van der Waals surface area (Å²) < 4.78 is 6.43. The first-order chi connectivity index (χ1) is 16.2. The molecule has 0 radical (unpaired) electrons. The number of hydrogen-bond acceptors (Lipinski definition) is 5. The highest BCUT2D eigenvalue weighted by atomic mass is 16.4. The van der Waals surface area contributed by atoms with Crippen LogP contribution in [0.3, 0.4) is 0 Å². The zero-order valence-corrected chi connectivity index (χ0v) is 19.9. The van der Waals surface area contributed by atoms with Gasteiger partial charge in [-0.15, -0.1) is 0 Å². The van der Waals surface area contributed by atoms with Crippen molar-refractivity contribution in [3.8, 4) is 11.3 Å². The fraction of sp³-hybridized carbons (Fsp3) is 0.214. The van der Waals surface area contributed by atoms with Gasteiger partial charge in [-0.25, -0.2) is 4.79 Å². The second-order valence-corrected chi connectivity index (χ2v) is 8.61. The Kier molecular flexibility index (Phi) is 6.16. The molecule has 3 N–H and O–H groups in total. The lowest BCUT2D eigenvalue weighted by Crippen LogP contribution is -2.14. The first-order valence-electron chi connectivity index (χ1n) is 11.2. The van der Waals surface area contributed by atoms with Crippen LogP contribution in [-0.2, 0) is 0 Å². The number of carboxylic acids is 1. The van der Waals surface area contributed by atoms with E-state index in [1.54, 1.807) is 31.2 Å². The van der Waals surface area contributed by atoms with E-state index in [1.807, 2.05) is 58.2 Å². The summed E-state index contributed by atoms with van der Waals surface area (Å²) in [5, 5.41) is 16.5. The van der Waals surface area contributed by atoms with Gasteiger partial charge in [-0.3, -0.25) is 4.79 Å². The number of carboxylic acid groups (broad SMARTS) is 1. The molecular formula is C28H28N2O4. The van der Waals surface area contributed by atoms with E-state index in [9.17, 15) is 14.7 Å². The largest absolute Gasteiger partial charge is 0.478 e. The number of aryl methyl sites for hydroxylation is 2. The van der Waals surface area contributed by atoms with Crippen LogP contribution in [-0.4, -0.2) is 18.1 Å². The van der Waals surface area contributed by atoms with Gasteiger partial charge in [-0.05, 0) is 75.2 Å². The maximum absolute atomic E-state index is 13.4. The Bertz CT molecular complexity index is 1470. The number of benzene rings is 3. The van der Waals surface area contributed by atoms with Crippen molar-refractivity contribution >= 4 is 28.3 Å². The molecule has 6 heteroatoms. The normalized spacial score (nSPS) is 11.9. The minimum Gasteiger partial charge on any atom is -0.478 e. The second kappa shape index (κ2) is 9.06. The van der Waals surface area contributed by atoms with E-state index >= 15 is 0 Å². The molecule has 34 heavy (non-hydrogen) atoms. The number of rotatable bonds is 6. The van der Waals surface area contributed by atoms with Gasteiger partial charge < -0.3 is 20.2 Å². The summed E-state index contributed by atoms with van der Waals surface area (Å²) in [5.41, 5.74) is 6.27. The zero-order valence-electron chi connectivity index (χ0n) is 19.9. The van der Waals surface area contributed by atoms with Crippen LogP contribution in [0.5, 0.6) is 0 Å². The Morgan fingerprint density at radius 1 is 1.00 bits per heavy atom. The predicted molar refractivity (Wildman–Crippen MR) is 137 cm³/mol. The van der Waals surface area contributed by atoms with Crippen LogP contribution >= 0.6 is 0 Å². The summed E-state index contributed by atoms with van der Waals surface area (Å²) in [6, 6.07) is 16.2. The second-order valence-electron chi connectivity index (χ2n) is 8.61. The van der Waals surface area contributed by atoms with Gasteiger partial charge in [0.25, 0.3) is 0 Å². The third-order valence-corrected chi connectivity index (χ3v) is 6.15. The molecule has 1 atom stereocenters. The minimum absolute atomic E-state index is 0.0744. The molecule has 6 nitrogen and oxygen atoms in total. The van der Waals surface area contributed by atoms with Crippen LogP contribution in [0.15, 0.2) is 63.8 Å². The van der Waals surface area contributed by atoms with Crippen molar-refractivity contribution in [2.24, 2.45) is 0 Å². The molecule has 1 heterocycles. The highest BCUT2D eigenvalue weighted by Crippen LogP contribution is 2.33. The Labute approximate surface area is 198 Å². The van der Waals surface area contributed by atoms with Gasteiger partial charge in [0.2, 0.25) is 0 Å². The molecule has 3 aromatic carbocycles. The average molecular weight is 457 g/mol. The summed E-state index contributed by atoms with van der Waals surface area (Å²) in [5.74, 6) is -0.472. The van der Waals surface area contributed by atoms with Crippen molar-refractivity contribution in [1.29, 1.82) is 0 Å². The highest BCUT2D eigenvalue weighted by Gasteiger charge is 2.20. The zero-order chi connectivity index (χ0) is 24.6. The van der Waals surface area contributed by atoms with E-state index in [4.69, 9.17) is 4.42 Å². The molecule has 174 valence electrons. The lowest BCUT2D eigenvalue weighted by Gasteiger charge is -2.20. The summed E-state index contributed by atoms with van der Waals surface area (Å²) >= 11 is 0. The number of anilines is 2. The van der Waals surface area contributed by atoms with Crippen LogP contribution in [0.25, 0.3) is 22.3 Å². The summed E-state index contributed by atoms with van der Waals surface area (Å²) in [4.78, 5) is 25.0. The topological polar surface area (TPSA) is 91.6 Å². The predicted octanol–water partition coefficient (Wildman–Crippen LogP) is 6.30. The smallest absolute Gasteiger partial charge is 0.337 e. The number of nitrogens with one attached hydrogen (secondary N) is 2. The molecular weight excluding hydrogens is 428 g/mol. The Morgan fingerprint density at radius 2 is 1.74 bits per heavy atom. The SMILES string of the molecule is CNc1ccc(-c2oc3c(C(C)Nc4ccccc4C(=O)O)cc(C)cc3c(=O)c2C)cc1C. The molecule has 0 aliphatic rings. The molecule has 0 saturated carbocycles. The minimum atomic E-state index is -1.01. The van der Waals surface area contributed by atoms with Crippen LogP contribution < -0.4 is 16.1 Å². The third kappa shape index (κ3) is 4.15. The van der Waals surface area contributed by atoms with E-state index < -0.39 is 5.97 Å². The Hall–Kier alpha value is -4.06. The number of hydrogen-bond donors (Lipinski definition) is 3. The molecule has 1 aromatic heterocycles. The molecule has 0 aliphatic carbocycles. The van der Waals surface area contributed by atoms with Crippen LogP contribution in [0.2, 0.25) is 0 Å². The number of carbonyl (C=O) groups is 1. The summed E-state index contributed by atoms with van der Waals surface area (Å²) in [6.45, 7) is 7.65. The fourth-order valence-corrected chi connectivity index (χ4v) is 4.36. The highest BCUT2D eigenvalue weighted by molar-refractivity contribution is 5.94. The maximum Gasteiger partial charge on any atom is 0.337 e. The van der Waals surface area contributed by atoms with Gasteiger partial charge in [-0.2, -0.15) is 0 Å². The van der Waals surface area contributed by atoms with Crippen molar-refractivity contribution in [2.75, 3.05) is 17.7 Å². The van der Waals surface area contributed by atoms with E-state index in [0.29, 0.717) is 28.0 Å². The molecule has 4 aromatic rings. The standard InChI is InChI=1S/C28H28N2O4/c1-15-12-21(18(4)30-24-9-7-6-8-20(24)28(32)33)27-22(13-15)25(31)17(3)26(34-27)19-10-11-23(29-5)16(2)14-19/h6-14,18,29-30H,1-5H3,(H,32,33). The molecule has 1 unspecified atom stereocenters. The molecule has 0 bridgehead atoms. The van der Waals surface area contributed by atoms with Crippen molar-refractivity contribution in [3.05, 3.63) is 92.6 Å². The summed E-state index contributed by atoms with van der Waals surface area (Å²) in [6.07, 6.45) is 0. The van der Waals surface area contributed by atoms with E-state index in [-0.39, 0.29) is 17.0 Å². The van der Waals surface area contributed by atoms with E-state index in [0.717, 1.165) is 27.9 Å². The van der Waals surface area contributed by atoms with Crippen LogP contribution in [0, 0.1) is 20.8 Å². The van der Waals surface area contributed by atoms with Gasteiger partial charge in [0, 0.05) is 35.1 Å². The van der Waals surface area contributed by atoms with Crippen LogP contribution in [0.1, 0.15) is 45.6 Å². The van der Waals surface area contributed by atoms with Crippen molar-refractivity contribution in [2.45, 2.75) is 33.7 Å². The first kappa shape index (κ1) is 23.1. The fourth-order valence-electron chi connectivity index (χ4n) is 4.36. The molecule has 0 fully saturated rings. The van der Waals surface area contributed by atoms with Gasteiger partial charge in [-0.1, -0.05) is 18.2 Å². The Balaban J connectivity index is 1.89. The van der Waals surface area contributed by atoms with Gasteiger partial charge in [0.05, 0.1) is 17.0 Å². The molecule has 0 aliphatic heterocycles. The molecule has 4 rings (SSSR count). The Morgan fingerprint density at radius 3 is 2.41 bits per heavy atom. The molecule has 0 amide bonds. The number of aromatic carboxylic acids is 1. The quantitative estimate of drug-likeness (QED) is 0.315. The van der Waals surface area contributed by atoms with Crippen LogP contribution in [0.4, 0.5) is 11.4 Å². The average Bonchev–Trinajstić information content (AvgIpc) is 2.81. The van der Waals surface area contributed by atoms with E-state index in [2.05, 4.69) is 10.6 Å². The van der Waals surface area contributed by atoms with Crippen molar-refractivity contribution in [3.63, 3.8) is 0 Å². The number of para-hydroxylation sites is 1. The van der Waals surface area contributed by atoms with Crippen molar-refractivity contribution < 1.29 is 14.3 Å². The maximum atomic E-state index is 13.4. The first-order valence-corrected chi connectivity index (χ1v) is 11.2. The monoisotopic (exact) mass is 456 g/mol. The van der Waals surface area contributed by atoms with E-state index in [1.165, 1.54) is 0 Å². The summed E-state index contributed by atoms with van der Waals surface area (Å²) in [7, 11) is 1.87. The number of fused-ring (bicyclic) bond motifs is 1. The van der Waals surface area contributed by atoms with Gasteiger partial charge in [0.1, 0.15) is 11.3 Å². The third-order valence-electron chi connectivity index (χ3n) is 6.15. The van der Waals surface area contributed by atoms with Crippen molar-refractivity contribution in [1.82, 2.24) is 0 Å². The molecule has 0 saturated heterocycles. The lowest BCUT2D eigenvalue weighted by molar-refractivity contribution is 0.0698.